The quantitative estimate of drug-likeness (QED) is 0.564. The molecule has 0 heterocycles. The minimum atomic E-state index is 0.500. The summed E-state index contributed by atoms with van der Waals surface area (Å²) in [4.78, 5) is 0. The van der Waals surface area contributed by atoms with Gasteiger partial charge >= 0.3 is 0 Å². The van der Waals surface area contributed by atoms with E-state index in [9.17, 15) is 4.39 Å². The van der Waals surface area contributed by atoms with Crippen molar-refractivity contribution in [3.8, 4) is 0 Å². The molecule has 0 saturated carbocycles. The molecule has 0 aliphatic rings. The fourth-order valence-corrected chi connectivity index (χ4v) is 0.204. The van der Waals surface area contributed by atoms with Crippen LogP contribution in [0.15, 0.2) is 12.4 Å². The molecule has 0 aromatic rings. The molecular weight excluding hydrogens is 119 g/mol. The van der Waals surface area contributed by atoms with Crippen molar-refractivity contribution < 1.29 is 9.13 Å². The van der Waals surface area contributed by atoms with Gasteiger partial charge in [-0.25, -0.2) is 4.39 Å². The van der Waals surface area contributed by atoms with Gasteiger partial charge in [-0.05, 0) is 20.8 Å². The topological polar surface area (TPSA) is 9.23 Å². The summed E-state index contributed by atoms with van der Waals surface area (Å²) in [6.45, 7) is 7.29. The molecular formula is C7H15FO. The molecule has 9 heavy (non-hydrogen) atoms. The van der Waals surface area contributed by atoms with E-state index in [1.54, 1.807) is 6.92 Å². The van der Waals surface area contributed by atoms with E-state index in [0.29, 0.717) is 6.33 Å². The summed E-state index contributed by atoms with van der Waals surface area (Å²) >= 11 is 0. The first-order chi connectivity index (χ1) is 4.33. The van der Waals surface area contributed by atoms with Gasteiger partial charge < -0.3 is 4.74 Å². The third-order valence-corrected chi connectivity index (χ3v) is 0.534. The highest BCUT2D eigenvalue weighted by molar-refractivity contribution is 4.61. The summed E-state index contributed by atoms with van der Waals surface area (Å²) < 4.78 is 15.4. The Bertz CT molecular complexity index is 46.9. The van der Waals surface area contributed by atoms with Gasteiger partial charge in [-0.3, -0.25) is 0 Å². The van der Waals surface area contributed by atoms with Crippen LogP contribution in [0.3, 0.4) is 0 Å². The minimum absolute atomic E-state index is 0.500. The van der Waals surface area contributed by atoms with Crippen molar-refractivity contribution in [2.24, 2.45) is 0 Å². The fourth-order valence-electron chi connectivity index (χ4n) is 0.204. The lowest BCUT2D eigenvalue weighted by atomic mass is 10.8. The molecule has 0 spiro atoms. The van der Waals surface area contributed by atoms with Crippen LogP contribution in [0, 0.1) is 0 Å². The Morgan fingerprint density at radius 1 is 1.33 bits per heavy atom. The van der Waals surface area contributed by atoms with Gasteiger partial charge in [0.1, 0.15) is 0 Å². The zero-order chi connectivity index (χ0) is 7.54. The highest BCUT2D eigenvalue weighted by atomic mass is 19.1. The van der Waals surface area contributed by atoms with Crippen LogP contribution in [-0.2, 0) is 4.74 Å². The zero-order valence-electron chi connectivity index (χ0n) is 6.36. The van der Waals surface area contributed by atoms with Gasteiger partial charge in [0.05, 0.1) is 6.33 Å². The van der Waals surface area contributed by atoms with Gasteiger partial charge in [0.25, 0.3) is 0 Å². The third-order valence-electron chi connectivity index (χ3n) is 0.534. The van der Waals surface area contributed by atoms with E-state index in [1.807, 2.05) is 13.8 Å². The molecule has 2 heteroatoms. The summed E-state index contributed by atoms with van der Waals surface area (Å²) in [7, 11) is 0. The average Bonchev–Trinajstić information content (AvgIpc) is 1.91. The van der Waals surface area contributed by atoms with Crippen LogP contribution in [0.4, 0.5) is 4.39 Å². The van der Waals surface area contributed by atoms with Crippen molar-refractivity contribution in [2.45, 2.75) is 20.8 Å². The molecule has 0 N–H and O–H groups in total. The second kappa shape index (κ2) is 15.6. The van der Waals surface area contributed by atoms with Crippen LogP contribution in [-0.4, -0.2) is 13.2 Å². The van der Waals surface area contributed by atoms with Crippen LogP contribution >= 0.6 is 0 Å². The van der Waals surface area contributed by atoms with Gasteiger partial charge in [0.2, 0.25) is 0 Å². The first-order valence-electron chi connectivity index (χ1n) is 3.12. The maximum atomic E-state index is 10.5. The summed E-state index contributed by atoms with van der Waals surface area (Å²) in [6, 6.07) is 0. The van der Waals surface area contributed by atoms with Gasteiger partial charge in [0, 0.05) is 13.2 Å². The van der Waals surface area contributed by atoms with Gasteiger partial charge in [-0.15, -0.1) is 0 Å². The SMILES string of the molecule is C/C=C/F.CCOCC. The lowest BCUT2D eigenvalue weighted by Crippen LogP contribution is -1.84. The molecule has 0 rings (SSSR count). The Labute approximate surface area is 56.5 Å². The first-order valence-corrected chi connectivity index (χ1v) is 3.12. The third kappa shape index (κ3) is 35.0. The number of allylic oxidation sites excluding steroid dienone is 1. The molecule has 0 unspecified atom stereocenters. The van der Waals surface area contributed by atoms with Crippen molar-refractivity contribution in [3.63, 3.8) is 0 Å². The molecule has 56 valence electrons. The minimum Gasteiger partial charge on any atom is -0.382 e. The second-order valence-electron chi connectivity index (χ2n) is 1.24. The van der Waals surface area contributed by atoms with E-state index in [0.717, 1.165) is 13.2 Å². The van der Waals surface area contributed by atoms with Crippen LogP contribution in [0.2, 0.25) is 0 Å². The van der Waals surface area contributed by atoms with E-state index >= 15 is 0 Å². The van der Waals surface area contributed by atoms with Crippen molar-refractivity contribution in [3.05, 3.63) is 12.4 Å². The molecule has 0 aromatic heterocycles. The van der Waals surface area contributed by atoms with Crippen molar-refractivity contribution in [1.29, 1.82) is 0 Å². The molecule has 0 aliphatic heterocycles. The van der Waals surface area contributed by atoms with Crippen LogP contribution in [0.25, 0.3) is 0 Å². The molecule has 0 radical (unpaired) electrons. The van der Waals surface area contributed by atoms with Gasteiger partial charge in [-0.1, -0.05) is 6.08 Å². The van der Waals surface area contributed by atoms with E-state index in [2.05, 4.69) is 0 Å². The molecule has 0 bridgehead atoms. The van der Waals surface area contributed by atoms with Crippen molar-refractivity contribution in [2.75, 3.05) is 13.2 Å². The number of ether oxygens (including phenoxy) is 1. The highest BCUT2D eigenvalue weighted by Gasteiger charge is 1.64. The summed E-state index contributed by atoms with van der Waals surface area (Å²) in [5.74, 6) is 0. The summed E-state index contributed by atoms with van der Waals surface area (Å²) in [6.07, 6.45) is 1.83. The van der Waals surface area contributed by atoms with Crippen molar-refractivity contribution >= 4 is 0 Å². The van der Waals surface area contributed by atoms with E-state index in [1.165, 1.54) is 6.08 Å². The van der Waals surface area contributed by atoms with Crippen LogP contribution in [0.5, 0.6) is 0 Å². The van der Waals surface area contributed by atoms with Crippen LogP contribution < -0.4 is 0 Å². The fraction of sp³-hybridized carbons (Fsp3) is 0.714. The predicted molar refractivity (Wildman–Crippen MR) is 38.1 cm³/mol. The van der Waals surface area contributed by atoms with Gasteiger partial charge in [-0.2, -0.15) is 0 Å². The number of hydrogen-bond acceptors (Lipinski definition) is 1. The molecule has 1 nitrogen and oxygen atoms in total. The van der Waals surface area contributed by atoms with E-state index < -0.39 is 0 Å². The number of rotatable bonds is 2. The standard InChI is InChI=1S/C4H10O.C3H5F/c1-3-5-4-2;1-2-3-4/h3-4H2,1-2H3;2-3H,1H3/b;3-2+. The molecule has 0 fully saturated rings. The average molecular weight is 134 g/mol. The highest BCUT2D eigenvalue weighted by Crippen LogP contribution is 1.64. The Morgan fingerprint density at radius 3 is 1.67 bits per heavy atom. The van der Waals surface area contributed by atoms with Gasteiger partial charge in [0.15, 0.2) is 0 Å². The Balaban J connectivity index is 0. The lowest BCUT2D eigenvalue weighted by molar-refractivity contribution is 0.162. The van der Waals surface area contributed by atoms with Crippen molar-refractivity contribution in [1.82, 2.24) is 0 Å². The zero-order valence-corrected chi connectivity index (χ0v) is 6.36. The molecule has 0 saturated heterocycles. The second-order valence-corrected chi connectivity index (χ2v) is 1.24. The lowest BCUT2D eigenvalue weighted by Gasteiger charge is -1.86. The maximum Gasteiger partial charge on any atom is 0.0824 e. The molecule has 0 aliphatic carbocycles. The molecule has 0 amide bonds. The normalized spacial score (nSPS) is 8.89. The Hall–Kier alpha value is -0.370. The Kier molecular flexibility index (Phi) is 19.9. The largest absolute Gasteiger partial charge is 0.382 e. The summed E-state index contributed by atoms with van der Waals surface area (Å²) in [5.41, 5.74) is 0. The monoisotopic (exact) mass is 134 g/mol. The smallest absolute Gasteiger partial charge is 0.0824 e. The molecule has 0 aromatic carbocycles. The van der Waals surface area contributed by atoms with E-state index in [4.69, 9.17) is 4.74 Å². The maximum absolute atomic E-state index is 10.5. The summed E-state index contributed by atoms with van der Waals surface area (Å²) in [5, 5.41) is 0. The first kappa shape index (κ1) is 11.4. The van der Waals surface area contributed by atoms with E-state index in [-0.39, 0.29) is 0 Å². The molecule has 0 atom stereocenters. The Morgan fingerprint density at radius 2 is 1.67 bits per heavy atom. The number of halogens is 1. The van der Waals surface area contributed by atoms with Crippen LogP contribution in [0.1, 0.15) is 20.8 Å². The number of hydrogen-bond donors (Lipinski definition) is 0. The predicted octanol–water partition coefficient (Wildman–Crippen LogP) is 2.53.